The maximum Gasteiger partial charge on any atom is 0.371 e. The number of nitrogens with one attached hydrogen (secondary N) is 1. The average molecular weight is 290 g/mol. The highest BCUT2D eigenvalue weighted by molar-refractivity contribution is 6.07. The zero-order chi connectivity index (χ0) is 15.4. The molecule has 0 bridgehead atoms. The molecule has 4 heteroatoms. The number of hydrogen-bond acceptors (Lipinski definition) is 2. The van der Waals surface area contributed by atoms with Crippen molar-refractivity contribution in [3.8, 4) is 0 Å². The lowest BCUT2D eigenvalue weighted by atomic mass is 10.0. The summed E-state index contributed by atoms with van der Waals surface area (Å²) >= 11 is 0. The number of aromatic nitrogens is 2. The molecule has 0 unspecified atom stereocenters. The van der Waals surface area contributed by atoms with Gasteiger partial charge in [-0.3, -0.25) is 0 Å². The Bertz CT molecular complexity index is 860. The van der Waals surface area contributed by atoms with E-state index in [9.17, 15) is 4.79 Å². The summed E-state index contributed by atoms with van der Waals surface area (Å²) in [4.78, 5) is 15.9. The molecule has 0 fully saturated rings. The largest absolute Gasteiger partial charge is 0.475 e. The van der Waals surface area contributed by atoms with E-state index < -0.39 is 5.97 Å². The first-order chi connectivity index (χ1) is 10.8. The van der Waals surface area contributed by atoms with Crippen molar-refractivity contribution in [3.63, 3.8) is 0 Å². The molecule has 3 aromatic carbocycles. The van der Waals surface area contributed by atoms with Gasteiger partial charge in [0.05, 0.1) is 0 Å². The third-order valence-electron chi connectivity index (χ3n) is 3.36. The lowest BCUT2D eigenvalue weighted by Crippen LogP contribution is -1.97. The fourth-order valence-corrected chi connectivity index (χ4v) is 2.34. The number of rotatable bonds is 1. The monoisotopic (exact) mass is 290 g/mol. The van der Waals surface area contributed by atoms with Gasteiger partial charge in [0.15, 0.2) is 0 Å². The zero-order valence-corrected chi connectivity index (χ0v) is 11.7. The van der Waals surface area contributed by atoms with Gasteiger partial charge in [0, 0.05) is 12.4 Å². The molecule has 0 aliphatic rings. The fraction of sp³-hybridized carbons (Fsp3) is 0. The van der Waals surface area contributed by atoms with Crippen molar-refractivity contribution in [2.75, 3.05) is 0 Å². The van der Waals surface area contributed by atoms with Crippen LogP contribution in [0.4, 0.5) is 0 Å². The number of aromatic carboxylic acids is 1. The molecule has 0 saturated carbocycles. The molecule has 22 heavy (non-hydrogen) atoms. The van der Waals surface area contributed by atoms with Crippen LogP contribution in [-0.2, 0) is 0 Å². The van der Waals surface area contributed by atoms with Crippen LogP contribution in [0, 0.1) is 0 Å². The van der Waals surface area contributed by atoms with Gasteiger partial charge in [-0.1, -0.05) is 60.7 Å². The maximum atomic E-state index is 9.97. The Balaban J connectivity index is 0.000000154. The molecule has 0 radical (unpaired) electrons. The zero-order valence-electron chi connectivity index (χ0n) is 11.7. The summed E-state index contributed by atoms with van der Waals surface area (Å²) in [6.07, 6.45) is 2.85. The Morgan fingerprint density at radius 3 is 1.82 bits per heavy atom. The molecule has 0 saturated heterocycles. The smallest absolute Gasteiger partial charge is 0.371 e. The standard InChI is InChI=1S/C14H10.C4H4N2O2/c1-3-7-13-11(5-1)9-10-12-6-2-4-8-14(12)13;7-4(8)3-5-1-2-6-3/h1-10H;1-2H,(H,5,6)(H,7,8). The van der Waals surface area contributed by atoms with Gasteiger partial charge in [-0.25, -0.2) is 9.78 Å². The number of nitrogens with zero attached hydrogens (tertiary/aromatic N) is 1. The first kappa shape index (κ1) is 13.8. The van der Waals surface area contributed by atoms with Crippen molar-refractivity contribution in [3.05, 3.63) is 78.9 Å². The Kier molecular flexibility index (Phi) is 3.83. The molecule has 0 aliphatic carbocycles. The van der Waals surface area contributed by atoms with E-state index in [0.29, 0.717) is 0 Å². The summed E-state index contributed by atoms with van der Waals surface area (Å²) in [6.45, 7) is 0. The normalized spacial score (nSPS) is 10.2. The van der Waals surface area contributed by atoms with Crippen LogP contribution in [0.2, 0.25) is 0 Å². The average Bonchev–Trinajstić information content (AvgIpc) is 3.10. The Hall–Kier alpha value is -3.14. The summed E-state index contributed by atoms with van der Waals surface area (Å²) in [5.74, 6) is -1.06. The third-order valence-corrected chi connectivity index (χ3v) is 3.36. The van der Waals surface area contributed by atoms with Gasteiger partial charge in [0.2, 0.25) is 5.82 Å². The molecule has 108 valence electrons. The third kappa shape index (κ3) is 2.81. The fourth-order valence-electron chi connectivity index (χ4n) is 2.34. The van der Waals surface area contributed by atoms with E-state index in [4.69, 9.17) is 5.11 Å². The maximum absolute atomic E-state index is 9.97. The Morgan fingerprint density at radius 1 is 0.864 bits per heavy atom. The number of carbonyl (C=O) groups is 1. The second kappa shape index (κ2) is 6.10. The van der Waals surface area contributed by atoms with Crippen molar-refractivity contribution in [1.82, 2.24) is 9.97 Å². The summed E-state index contributed by atoms with van der Waals surface area (Å²) in [7, 11) is 0. The number of imidazole rings is 1. The molecule has 0 atom stereocenters. The van der Waals surface area contributed by atoms with Gasteiger partial charge < -0.3 is 10.1 Å². The predicted octanol–water partition coefficient (Wildman–Crippen LogP) is 4.10. The molecule has 2 N–H and O–H groups in total. The molecule has 4 nitrogen and oxygen atoms in total. The van der Waals surface area contributed by atoms with Crippen LogP contribution in [-0.4, -0.2) is 21.0 Å². The van der Waals surface area contributed by atoms with Crippen molar-refractivity contribution in [2.45, 2.75) is 0 Å². The summed E-state index contributed by atoms with van der Waals surface area (Å²) in [5, 5.41) is 13.5. The van der Waals surface area contributed by atoms with Crippen LogP contribution < -0.4 is 0 Å². The second-order valence-corrected chi connectivity index (χ2v) is 4.75. The topological polar surface area (TPSA) is 66.0 Å². The minimum Gasteiger partial charge on any atom is -0.475 e. The van der Waals surface area contributed by atoms with Crippen molar-refractivity contribution in [1.29, 1.82) is 0 Å². The van der Waals surface area contributed by atoms with Gasteiger partial charge in [-0.15, -0.1) is 0 Å². The van der Waals surface area contributed by atoms with Crippen LogP contribution in [0.15, 0.2) is 73.1 Å². The lowest BCUT2D eigenvalue weighted by molar-refractivity contribution is 0.0685. The Labute approximate surface area is 127 Å². The number of H-pyrrole nitrogens is 1. The van der Waals surface area contributed by atoms with Gasteiger partial charge in [0.1, 0.15) is 0 Å². The molecule has 0 spiro atoms. The SMILES string of the molecule is O=C(O)c1ncc[nH]1.c1ccc2c(c1)ccc1ccccc12. The number of benzene rings is 3. The van der Waals surface area contributed by atoms with Crippen LogP contribution in [0.5, 0.6) is 0 Å². The Morgan fingerprint density at radius 2 is 1.41 bits per heavy atom. The molecule has 4 rings (SSSR count). The van der Waals surface area contributed by atoms with Crippen LogP contribution in [0.3, 0.4) is 0 Å². The second-order valence-electron chi connectivity index (χ2n) is 4.75. The molecule has 1 heterocycles. The molecular formula is C18H14N2O2. The van der Waals surface area contributed by atoms with Gasteiger partial charge >= 0.3 is 5.97 Å². The lowest BCUT2D eigenvalue weighted by Gasteiger charge is -2.02. The highest BCUT2D eigenvalue weighted by Gasteiger charge is 2.00. The van der Waals surface area contributed by atoms with Crippen LogP contribution in [0.25, 0.3) is 21.5 Å². The van der Waals surface area contributed by atoms with E-state index in [1.54, 1.807) is 0 Å². The number of aromatic amines is 1. The van der Waals surface area contributed by atoms with E-state index in [-0.39, 0.29) is 5.82 Å². The minimum atomic E-state index is -1.03. The number of carboxylic acids is 1. The number of carboxylic acid groups (broad SMARTS) is 1. The molecule has 0 amide bonds. The summed E-state index contributed by atoms with van der Waals surface area (Å²) in [5.41, 5.74) is 0. The summed E-state index contributed by atoms with van der Waals surface area (Å²) in [6, 6.07) is 21.4. The van der Waals surface area contributed by atoms with Gasteiger partial charge in [0.25, 0.3) is 0 Å². The van der Waals surface area contributed by atoms with Gasteiger partial charge in [-0.05, 0) is 21.5 Å². The van der Waals surface area contributed by atoms with Gasteiger partial charge in [-0.2, -0.15) is 0 Å². The van der Waals surface area contributed by atoms with Crippen LogP contribution >= 0.6 is 0 Å². The molecular weight excluding hydrogens is 276 g/mol. The quantitative estimate of drug-likeness (QED) is 0.519. The van der Waals surface area contributed by atoms with E-state index >= 15 is 0 Å². The minimum absolute atomic E-state index is 0.0231. The van der Waals surface area contributed by atoms with Crippen molar-refractivity contribution < 1.29 is 9.90 Å². The first-order valence-electron chi connectivity index (χ1n) is 6.85. The van der Waals surface area contributed by atoms with E-state index in [1.807, 2.05) is 0 Å². The molecule has 0 aliphatic heterocycles. The van der Waals surface area contributed by atoms with E-state index in [2.05, 4.69) is 70.6 Å². The van der Waals surface area contributed by atoms with Crippen molar-refractivity contribution in [2.24, 2.45) is 0 Å². The highest BCUT2D eigenvalue weighted by atomic mass is 16.4. The highest BCUT2D eigenvalue weighted by Crippen LogP contribution is 2.24. The molecule has 4 aromatic rings. The summed E-state index contributed by atoms with van der Waals surface area (Å²) < 4.78 is 0. The van der Waals surface area contributed by atoms with E-state index in [0.717, 1.165) is 0 Å². The number of fused-ring (bicyclic) bond motifs is 3. The van der Waals surface area contributed by atoms with Crippen LogP contribution in [0.1, 0.15) is 10.6 Å². The number of hydrogen-bond donors (Lipinski definition) is 2. The first-order valence-corrected chi connectivity index (χ1v) is 6.85. The predicted molar refractivity (Wildman–Crippen MR) is 87.0 cm³/mol. The van der Waals surface area contributed by atoms with E-state index in [1.165, 1.54) is 33.9 Å². The molecule has 1 aromatic heterocycles. The van der Waals surface area contributed by atoms with Crippen molar-refractivity contribution >= 4 is 27.5 Å².